The molecule has 1 atom stereocenters. The van der Waals surface area contributed by atoms with Crippen LogP contribution >= 0.6 is 0 Å². The first-order valence-electron chi connectivity index (χ1n) is 10.0. The second kappa shape index (κ2) is 8.49. The number of benzene rings is 1. The molecule has 1 fully saturated rings. The number of hydrogen-bond acceptors (Lipinski definition) is 3. The highest BCUT2D eigenvalue weighted by Crippen LogP contribution is 2.27. The van der Waals surface area contributed by atoms with Crippen LogP contribution in [0.25, 0.3) is 0 Å². The molecule has 1 unspecified atom stereocenters. The van der Waals surface area contributed by atoms with E-state index < -0.39 is 0 Å². The predicted octanol–water partition coefficient (Wildman–Crippen LogP) is 4.27. The van der Waals surface area contributed by atoms with Crippen molar-refractivity contribution in [2.24, 2.45) is 0 Å². The van der Waals surface area contributed by atoms with E-state index in [1.54, 1.807) is 0 Å². The van der Waals surface area contributed by atoms with Crippen LogP contribution in [0.15, 0.2) is 60.9 Å². The normalized spacial score (nSPS) is 17.9. The molecule has 0 aliphatic carbocycles. The number of likely N-dealkylation sites (tertiary alicyclic amines) is 1. The Morgan fingerprint density at radius 3 is 2.81 bits per heavy atom. The minimum atomic E-state index is 0.513. The maximum atomic E-state index is 5.01. The molecule has 0 spiro atoms. The lowest BCUT2D eigenvalue weighted by Gasteiger charge is -2.32. The molecule has 4 heteroatoms. The number of nitrogens with zero attached hydrogens (tertiary/aromatic N) is 4. The van der Waals surface area contributed by atoms with Gasteiger partial charge >= 0.3 is 0 Å². The third-order valence-corrected chi connectivity index (χ3v) is 5.49. The number of hydrogen-bond donors (Lipinski definition) is 0. The Morgan fingerprint density at radius 1 is 1.07 bits per heavy atom. The lowest BCUT2D eigenvalue weighted by Crippen LogP contribution is -2.35. The average Bonchev–Trinajstić information content (AvgIpc) is 3.16. The van der Waals surface area contributed by atoms with Crippen molar-refractivity contribution >= 4 is 0 Å². The Morgan fingerprint density at radius 2 is 1.96 bits per heavy atom. The molecule has 2 aromatic heterocycles. The van der Waals surface area contributed by atoms with Crippen LogP contribution in [0.5, 0.6) is 0 Å². The van der Waals surface area contributed by atoms with Gasteiger partial charge in [0.2, 0.25) is 0 Å². The summed E-state index contributed by atoms with van der Waals surface area (Å²) in [7, 11) is 0. The van der Waals surface area contributed by atoms with E-state index in [9.17, 15) is 0 Å². The van der Waals surface area contributed by atoms with E-state index >= 15 is 0 Å². The van der Waals surface area contributed by atoms with E-state index in [2.05, 4.69) is 76.1 Å². The number of imidazole rings is 1. The third-order valence-electron chi connectivity index (χ3n) is 5.49. The van der Waals surface area contributed by atoms with Gasteiger partial charge in [-0.1, -0.05) is 36.4 Å². The zero-order valence-corrected chi connectivity index (χ0v) is 16.1. The Labute approximate surface area is 161 Å². The summed E-state index contributed by atoms with van der Waals surface area (Å²) in [5, 5.41) is 0. The molecule has 0 radical (unpaired) electrons. The van der Waals surface area contributed by atoms with Crippen LogP contribution in [0, 0.1) is 0 Å². The van der Waals surface area contributed by atoms with Gasteiger partial charge in [0.1, 0.15) is 5.82 Å². The van der Waals surface area contributed by atoms with Gasteiger partial charge in [-0.05, 0) is 44.0 Å². The molecule has 3 aromatic rings. The average molecular weight is 361 g/mol. The summed E-state index contributed by atoms with van der Waals surface area (Å²) < 4.78 is 2.24. The molecule has 140 valence electrons. The summed E-state index contributed by atoms with van der Waals surface area (Å²) in [4.78, 5) is 12.1. The zero-order chi connectivity index (χ0) is 18.5. The van der Waals surface area contributed by atoms with Gasteiger partial charge in [0.25, 0.3) is 0 Å². The van der Waals surface area contributed by atoms with Crippen molar-refractivity contribution < 1.29 is 0 Å². The first kappa shape index (κ1) is 17.9. The molecular weight excluding hydrogens is 332 g/mol. The highest BCUT2D eigenvalue weighted by atomic mass is 15.2. The summed E-state index contributed by atoms with van der Waals surface area (Å²) in [6.07, 6.45) is 7.34. The summed E-state index contributed by atoms with van der Waals surface area (Å²) in [6.45, 7) is 6.30. The van der Waals surface area contributed by atoms with E-state index in [1.807, 2.05) is 6.20 Å². The van der Waals surface area contributed by atoms with E-state index in [0.29, 0.717) is 5.92 Å². The van der Waals surface area contributed by atoms with Crippen molar-refractivity contribution in [3.63, 3.8) is 0 Å². The molecule has 1 saturated heterocycles. The number of pyridine rings is 1. The summed E-state index contributed by atoms with van der Waals surface area (Å²) in [6, 6.07) is 17.1. The zero-order valence-electron chi connectivity index (χ0n) is 16.1. The minimum Gasteiger partial charge on any atom is -0.334 e. The predicted molar refractivity (Wildman–Crippen MR) is 109 cm³/mol. The number of aryl methyl sites for hydroxylation is 1. The lowest BCUT2D eigenvalue weighted by atomic mass is 9.94. The Hall–Kier alpha value is -2.46. The van der Waals surface area contributed by atoms with Crippen LogP contribution in [0.4, 0.5) is 0 Å². The Kier molecular flexibility index (Phi) is 5.64. The van der Waals surface area contributed by atoms with Crippen LogP contribution in [-0.2, 0) is 19.5 Å². The van der Waals surface area contributed by atoms with E-state index in [1.165, 1.54) is 29.9 Å². The van der Waals surface area contributed by atoms with Crippen LogP contribution < -0.4 is 0 Å². The Balaban J connectivity index is 1.44. The molecule has 4 nitrogen and oxygen atoms in total. The van der Waals surface area contributed by atoms with E-state index in [0.717, 1.165) is 38.3 Å². The van der Waals surface area contributed by atoms with Crippen LogP contribution in [0.3, 0.4) is 0 Å². The number of aromatic nitrogens is 3. The second-order valence-corrected chi connectivity index (χ2v) is 7.42. The first-order chi connectivity index (χ1) is 13.3. The van der Waals surface area contributed by atoms with Gasteiger partial charge in [-0.3, -0.25) is 9.88 Å². The van der Waals surface area contributed by atoms with Crippen LogP contribution in [-0.4, -0.2) is 32.5 Å². The maximum absolute atomic E-state index is 5.01. The molecule has 0 saturated carbocycles. The molecule has 0 amide bonds. The van der Waals surface area contributed by atoms with Crippen molar-refractivity contribution in [1.29, 1.82) is 0 Å². The summed E-state index contributed by atoms with van der Waals surface area (Å²) >= 11 is 0. The van der Waals surface area contributed by atoms with Crippen LogP contribution in [0.1, 0.15) is 48.5 Å². The molecule has 4 rings (SSSR count). The summed E-state index contributed by atoms with van der Waals surface area (Å²) in [5.74, 6) is 1.68. The monoisotopic (exact) mass is 360 g/mol. The highest BCUT2D eigenvalue weighted by molar-refractivity contribution is 5.24. The molecule has 1 aliphatic heterocycles. The topological polar surface area (TPSA) is 34.0 Å². The highest BCUT2D eigenvalue weighted by Gasteiger charge is 2.23. The molecule has 1 aliphatic rings. The minimum absolute atomic E-state index is 0.513. The van der Waals surface area contributed by atoms with Gasteiger partial charge in [-0.25, -0.2) is 4.98 Å². The second-order valence-electron chi connectivity index (χ2n) is 7.42. The van der Waals surface area contributed by atoms with E-state index in [4.69, 9.17) is 4.98 Å². The molecule has 0 bridgehead atoms. The smallest absolute Gasteiger partial charge is 0.122 e. The van der Waals surface area contributed by atoms with Gasteiger partial charge < -0.3 is 4.57 Å². The number of rotatable bonds is 6. The first-order valence-corrected chi connectivity index (χ1v) is 10.0. The van der Waals surface area contributed by atoms with Gasteiger partial charge in [-0.2, -0.15) is 0 Å². The lowest BCUT2D eigenvalue weighted by molar-refractivity contribution is 0.192. The third kappa shape index (κ3) is 4.45. The maximum Gasteiger partial charge on any atom is 0.122 e. The fourth-order valence-corrected chi connectivity index (χ4v) is 4.05. The molecule has 1 aromatic carbocycles. The largest absolute Gasteiger partial charge is 0.334 e. The van der Waals surface area contributed by atoms with Crippen molar-refractivity contribution in [3.05, 3.63) is 83.7 Å². The van der Waals surface area contributed by atoms with E-state index in [-0.39, 0.29) is 0 Å². The molecule has 27 heavy (non-hydrogen) atoms. The van der Waals surface area contributed by atoms with Gasteiger partial charge in [0.15, 0.2) is 0 Å². The SMILES string of the molecule is CCn1ccnc1CN1CCCC(c2cccc(Cc3ccccc3)n2)C1. The van der Waals surface area contributed by atoms with Gasteiger partial charge in [0, 0.05) is 49.2 Å². The van der Waals surface area contributed by atoms with Gasteiger partial charge in [-0.15, -0.1) is 0 Å². The van der Waals surface area contributed by atoms with Gasteiger partial charge in [0.05, 0.1) is 6.54 Å². The van der Waals surface area contributed by atoms with Crippen molar-refractivity contribution in [3.8, 4) is 0 Å². The standard InChI is InChI=1S/C23H28N4/c1-2-27-15-13-24-23(27)18-26-14-7-10-20(17-26)22-12-6-11-21(25-22)16-19-8-4-3-5-9-19/h3-6,8-9,11-13,15,20H,2,7,10,14,16-18H2,1H3. The quantitative estimate of drug-likeness (QED) is 0.658. The van der Waals surface area contributed by atoms with Crippen molar-refractivity contribution in [1.82, 2.24) is 19.4 Å². The molecule has 3 heterocycles. The molecule has 0 N–H and O–H groups in total. The summed E-state index contributed by atoms with van der Waals surface area (Å²) in [5.41, 5.74) is 3.73. The Bertz CT molecular complexity index is 856. The number of piperidine rings is 1. The fraction of sp³-hybridized carbons (Fsp3) is 0.391. The van der Waals surface area contributed by atoms with Crippen molar-refractivity contribution in [2.45, 2.75) is 45.2 Å². The van der Waals surface area contributed by atoms with Crippen molar-refractivity contribution in [2.75, 3.05) is 13.1 Å². The molecular formula is C23H28N4. The fourth-order valence-electron chi connectivity index (χ4n) is 4.05. The van der Waals surface area contributed by atoms with Crippen LogP contribution in [0.2, 0.25) is 0 Å².